The average Bonchev–Trinajstić information content (AvgIpc) is 2.92. The van der Waals surface area contributed by atoms with Crippen LogP contribution in [0.2, 0.25) is 0 Å². The van der Waals surface area contributed by atoms with E-state index in [1.54, 1.807) is 23.8 Å². The second-order valence-electron chi connectivity index (χ2n) is 4.36. The number of hydrogen-bond donors (Lipinski definition) is 2. The molecule has 2 N–H and O–H groups in total. The summed E-state index contributed by atoms with van der Waals surface area (Å²) in [6, 6.07) is 3.58. The molecule has 21 heavy (non-hydrogen) atoms. The molecular weight excluding hydrogens is 288 g/mol. The number of pyridine rings is 1. The minimum atomic E-state index is -1.04. The smallest absolute Gasteiger partial charge is 0.328 e. The van der Waals surface area contributed by atoms with Crippen LogP contribution in [0.15, 0.2) is 36.0 Å². The molecule has 0 aliphatic rings. The first kappa shape index (κ1) is 14.9. The fraction of sp³-hybridized carbons (Fsp3) is 0.133. The molecule has 2 aromatic rings. The first-order valence-electron chi connectivity index (χ1n) is 6.24. The van der Waals surface area contributed by atoms with Gasteiger partial charge in [-0.15, -0.1) is 11.3 Å². The van der Waals surface area contributed by atoms with Crippen LogP contribution in [0.25, 0.3) is 6.08 Å². The Morgan fingerprint density at radius 1 is 1.43 bits per heavy atom. The number of aromatic nitrogens is 1. The Hall–Kier alpha value is -2.47. The zero-order chi connectivity index (χ0) is 15.2. The molecule has 0 aliphatic carbocycles. The molecule has 2 heterocycles. The van der Waals surface area contributed by atoms with E-state index in [4.69, 9.17) is 5.11 Å². The van der Waals surface area contributed by atoms with Gasteiger partial charge in [-0.05, 0) is 47.2 Å². The Balaban J connectivity index is 2.06. The number of nitrogens with zero attached hydrogens (tertiary/aromatic N) is 1. The Bertz CT molecular complexity index is 692. The quantitative estimate of drug-likeness (QED) is 0.832. The van der Waals surface area contributed by atoms with Crippen LogP contribution in [-0.2, 0) is 11.3 Å². The normalized spacial score (nSPS) is 10.7. The summed E-state index contributed by atoms with van der Waals surface area (Å²) in [4.78, 5) is 27.2. The minimum absolute atomic E-state index is 0.216. The van der Waals surface area contributed by atoms with Crippen LogP contribution < -0.4 is 5.32 Å². The Labute approximate surface area is 126 Å². The third-order valence-electron chi connectivity index (χ3n) is 2.88. The number of carboxylic acids is 1. The molecule has 0 saturated heterocycles. The van der Waals surface area contributed by atoms with E-state index in [2.05, 4.69) is 10.3 Å². The molecule has 0 radical (unpaired) electrons. The summed E-state index contributed by atoms with van der Waals surface area (Å²) >= 11 is 1.28. The highest BCUT2D eigenvalue weighted by molar-refractivity contribution is 7.12. The van der Waals surface area contributed by atoms with E-state index in [1.807, 2.05) is 13.0 Å². The second-order valence-corrected chi connectivity index (χ2v) is 5.28. The highest BCUT2D eigenvalue weighted by Crippen LogP contribution is 2.18. The molecule has 2 rings (SSSR count). The van der Waals surface area contributed by atoms with Crippen LogP contribution >= 0.6 is 11.3 Å². The van der Waals surface area contributed by atoms with E-state index in [1.165, 1.54) is 17.4 Å². The van der Waals surface area contributed by atoms with Crippen molar-refractivity contribution in [1.82, 2.24) is 10.3 Å². The predicted octanol–water partition coefficient (Wildman–Crippen LogP) is 2.48. The van der Waals surface area contributed by atoms with Gasteiger partial charge in [-0.25, -0.2) is 4.79 Å². The lowest BCUT2D eigenvalue weighted by atomic mass is 10.1. The van der Waals surface area contributed by atoms with E-state index in [0.29, 0.717) is 17.0 Å². The fourth-order valence-electron chi connectivity index (χ4n) is 1.75. The highest BCUT2D eigenvalue weighted by atomic mass is 32.1. The van der Waals surface area contributed by atoms with Gasteiger partial charge in [0.05, 0.1) is 4.88 Å². The summed E-state index contributed by atoms with van der Waals surface area (Å²) in [5.74, 6) is -1.26. The maximum absolute atomic E-state index is 12.2. The first-order valence-corrected chi connectivity index (χ1v) is 7.12. The van der Waals surface area contributed by atoms with Crippen LogP contribution in [0.1, 0.15) is 26.4 Å². The number of thiophene rings is 1. The van der Waals surface area contributed by atoms with Crippen LogP contribution in [-0.4, -0.2) is 22.0 Å². The van der Waals surface area contributed by atoms with Gasteiger partial charge in [-0.2, -0.15) is 0 Å². The monoisotopic (exact) mass is 302 g/mol. The van der Waals surface area contributed by atoms with Gasteiger partial charge in [-0.3, -0.25) is 9.78 Å². The molecule has 1 amide bonds. The number of aliphatic carboxylic acids is 1. The molecule has 0 spiro atoms. The summed E-state index contributed by atoms with van der Waals surface area (Å²) in [5, 5.41) is 13.2. The zero-order valence-electron chi connectivity index (χ0n) is 11.4. The van der Waals surface area contributed by atoms with E-state index >= 15 is 0 Å². The molecule has 108 valence electrons. The number of carbonyl (C=O) groups is 2. The Kier molecular flexibility index (Phi) is 4.84. The van der Waals surface area contributed by atoms with Crippen LogP contribution in [0, 0.1) is 6.92 Å². The van der Waals surface area contributed by atoms with E-state index in [-0.39, 0.29) is 5.91 Å². The van der Waals surface area contributed by atoms with Crippen molar-refractivity contribution < 1.29 is 14.7 Å². The number of hydrogen-bond acceptors (Lipinski definition) is 4. The van der Waals surface area contributed by atoms with Gasteiger partial charge in [0, 0.05) is 25.0 Å². The molecule has 0 bridgehead atoms. The van der Waals surface area contributed by atoms with Gasteiger partial charge >= 0.3 is 5.97 Å². The van der Waals surface area contributed by atoms with Gasteiger partial charge in [0.2, 0.25) is 0 Å². The summed E-state index contributed by atoms with van der Waals surface area (Å²) in [7, 11) is 0. The lowest BCUT2D eigenvalue weighted by Crippen LogP contribution is -2.22. The van der Waals surface area contributed by atoms with Crippen molar-refractivity contribution in [1.29, 1.82) is 0 Å². The van der Waals surface area contributed by atoms with Crippen LogP contribution in [0.4, 0.5) is 0 Å². The number of rotatable bonds is 5. The molecule has 6 heteroatoms. The van der Waals surface area contributed by atoms with Gasteiger partial charge in [0.1, 0.15) is 0 Å². The third-order valence-corrected chi connectivity index (χ3v) is 3.81. The number of aryl methyl sites for hydroxylation is 1. The van der Waals surface area contributed by atoms with Crippen molar-refractivity contribution in [3.8, 4) is 0 Å². The molecule has 0 aromatic carbocycles. The standard InChI is InChI=1S/C15H14N2O3S/c1-10-8-16-6-4-12(10)9-17-15(20)14-11(5-7-21-14)2-3-13(18)19/h2-8H,9H2,1H3,(H,17,20)(H,18,19)/b3-2+. The van der Waals surface area contributed by atoms with Gasteiger partial charge < -0.3 is 10.4 Å². The summed E-state index contributed by atoms with van der Waals surface area (Å²) in [6.07, 6.45) is 5.87. The SMILES string of the molecule is Cc1cnccc1CNC(=O)c1sccc1/C=C/C(=O)O. The van der Waals surface area contributed by atoms with E-state index in [0.717, 1.165) is 17.2 Å². The zero-order valence-corrected chi connectivity index (χ0v) is 12.2. The van der Waals surface area contributed by atoms with Crippen molar-refractivity contribution in [3.63, 3.8) is 0 Å². The molecular formula is C15H14N2O3S. The maximum atomic E-state index is 12.2. The summed E-state index contributed by atoms with van der Waals surface area (Å²) in [6.45, 7) is 2.34. The van der Waals surface area contributed by atoms with Crippen molar-refractivity contribution in [2.75, 3.05) is 0 Å². The number of carboxylic acid groups (broad SMARTS) is 1. The van der Waals surface area contributed by atoms with Crippen molar-refractivity contribution in [2.45, 2.75) is 13.5 Å². The highest BCUT2D eigenvalue weighted by Gasteiger charge is 2.11. The lowest BCUT2D eigenvalue weighted by Gasteiger charge is -2.07. The second kappa shape index (κ2) is 6.81. The lowest BCUT2D eigenvalue weighted by molar-refractivity contribution is -0.131. The van der Waals surface area contributed by atoms with Crippen LogP contribution in [0.5, 0.6) is 0 Å². The number of carbonyl (C=O) groups excluding carboxylic acids is 1. The van der Waals surface area contributed by atoms with Gasteiger partial charge in [0.15, 0.2) is 0 Å². The fourth-order valence-corrected chi connectivity index (χ4v) is 2.55. The van der Waals surface area contributed by atoms with Crippen molar-refractivity contribution >= 4 is 29.3 Å². The average molecular weight is 302 g/mol. The number of nitrogens with one attached hydrogen (secondary N) is 1. The third kappa shape index (κ3) is 4.00. The molecule has 0 unspecified atom stereocenters. The van der Waals surface area contributed by atoms with Crippen LogP contribution in [0.3, 0.4) is 0 Å². The molecule has 0 fully saturated rings. The van der Waals surface area contributed by atoms with Crippen molar-refractivity contribution in [2.24, 2.45) is 0 Å². The van der Waals surface area contributed by atoms with Gasteiger partial charge in [0.25, 0.3) is 5.91 Å². The van der Waals surface area contributed by atoms with Gasteiger partial charge in [-0.1, -0.05) is 0 Å². The largest absolute Gasteiger partial charge is 0.478 e. The Morgan fingerprint density at radius 2 is 2.24 bits per heavy atom. The van der Waals surface area contributed by atoms with E-state index < -0.39 is 5.97 Å². The molecule has 0 aliphatic heterocycles. The molecule has 0 saturated carbocycles. The van der Waals surface area contributed by atoms with E-state index in [9.17, 15) is 9.59 Å². The summed E-state index contributed by atoms with van der Waals surface area (Å²) in [5.41, 5.74) is 2.61. The molecule has 5 nitrogen and oxygen atoms in total. The molecule has 2 aromatic heterocycles. The maximum Gasteiger partial charge on any atom is 0.328 e. The molecule has 0 atom stereocenters. The topological polar surface area (TPSA) is 79.3 Å². The number of amides is 1. The summed E-state index contributed by atoms with van der Waals surface area (Å²) < 4.78 is 0. The minimum Gasteiger partial charge on any atom is -0.478 e. The predicted molar refractivity (Wildman–Crippen MR) is 81.1 cm³/mol. The Morgan fingerprint density at radius 3 is 2.95 bits per heavy atom. The van der Waals surface area contributed by atoms with Crippen molar-refractivity contribution in [3.05, 3.63) is 57.6 Å². The first-order chi connectivity index (χ1) is 10.1.